The number of aryl methyl sites for hydroxylation is 1. The van der Waals surface area contributed by atoms with Gasteiger partial charge in [0, 0.05) is 21.6 Å². The van der Waals surface area contributed by atoms with Crippen LogP contribution < -0.4 is 5.32 Å². The minimum absolute atomic E-state index is 0.343. The Morgan fingerprint density at radius 3 is 2.62 bits per heavy atom. The molecule has 26 heavy (non-hydrogen) atoms. The third-order valence-corrected chi connectivity index (χ3v) is 6.03. The lowest BCUT2D eigenvalue weighted by Gasteiger charge is -2.14. The van der Waals surface area contributed by atoms with Gasteiger partial charge in [0.05, 0.1) is 0 Å². The number of rotatable bonds is 7. The molecular weight excluding hydrogens is 456 g/mol. The van der Waals surface area contributed by atoms with E-state index in [9.17, 15) is 0 Å². The lowest BCUT2D eigenvalue weighted by Crippen LogP contribution is -2.20. The Bertz CT molecular complexity index is 862. The molecule has 1 heterocycles. The normalized spacial score (nSPS) is 12.3. The number of halogens is 2. The molecule has 1 aromatic heterocycles. The fourth-order valence-corrected chi connectivity index (χ4v) is 3.66. The first-order chi connectivity index (χ1) is 12.6. The number of benzene rings is 2. The van der Waals surface area contributed by atoms with E-state index in [1.807, 2.05) is 12.1 Å². The van der Waals surface area contributed by atoms with Gasteiger partial charge in [-0.2, -0.15) is 0 Å². The number of hydrogen-bond donors (Lipinski definition) is 1. The number of hydrogen-bond acceptors (Lipinski definition) is 3. The second-order valence-corrected chi connectivity index (χ2v) is 8.04. The molecule has 3 nitrogen and oxygen atoms in total. The predicted octanol–water partition coefficient (Wildman–Crippen LogP) is 6.46. The Morgan fingerprint density at radius 1 is 1.12 bits per heavy atom. The summed E-state index contributed by atoms with van der Waals surface area (Å²) in [7, 11) is 0. The fraction of sp³-hybridized carbons (Fsp3) is 0.286. The highest BCUT2D eigenvalue weighted by Crippen LogP contribution is 2.32. The largest absolute Gasteiger partial charge is 0.355 e. The van der Waals surface area contributed by atoms with Crippen molar-refractivity contribution in [2.45, 2.75) is 32.7 Å². The molecule has 1 atom stereocenters. The summed E-state index contributed by atoms with van der Waals surface area (Å²) >= 11 is 7.08. The molecule has 3 aromatic rings. The number of nitrogens with one attached hydrogen (secondary N) is 1. The van der Waals surface area contributed by atoms with Gasteiger partial charge in [0.1, 0.15) is 0 Å². The highest BCUT2D eigenvalue weighted by molar-refractivity contribution is 9.10. The zero-order chi connectivity index (χ0) is 18.5. The van der Waals surface area contributed by atoms with Gasteiger partial charge in [0.15, 0.2) is 10.4 Å². The van der Waals surface area contributed by atoms with Gasteiger partial charge >= 0.3 is 0 Å². The Morgan fingerprint density at radius 2 is 1.88 bits per heavy atom. The lowest BCUT2D eigenvalue weighted by atomic mass is 10.0. The lowest BCUT2D eigenvalue weighted by molar-refractivity contribution is 0.427. The molecule has 0 aliphatic heterocycles. The van der Waals surface area contributed by atoms with E-state index in [2.05, 4.69) is 92.6 Å². The Hall–Kier alpha value is -1.43. The Kier molecular flexibility index (Phi) is 6.68. The molecule has 3 rings (SSSR count). The van der Waals surface area contributed by atoms with Crippen LogP contribution in [0.5, 0.6) is 0 Å². The molecule has 0 aliphatic carbocycles. The first kappa shape index (κ1) is 19.3. The van der Waals surface area contributed by atoms with E-state index in [0.717, 1.165) is 45.3 Å². The molecule has 2 aromatic carbocycles. The fourth-order valence-electron chi connectivity index (χ4n) is 2.96. The summed E-state index contributed by atoms with van der Waals surface area (Å²) in [5.41, 5.74) is 4.68. The number of nitrogens with zero attached hydrogens (tertiary/aromatic N) is 1. The van der Waals surface area contributed by atoms with Crippen molar-refractivity contribution in [2.24, 2.45) is 0 Å². The average molecular weight is 478 g/mol. The molecule has 0 saturated heterocycles. The van der Waals surface area contributed by atoms with E-state index >= 15 is 0 Å². The maximum absolute atomic E-state index is 5.59. The molecule has 0 fully saturated rings. The van der Waals surface area contributed by atoms with Crippen LogP contribution in [0.1, 0.15) is 36.1 Å². The van der Waals surface area contributed by atoms with E-state index in [1.54, 1.807) is 0 Å². The first-order valence-electron chi connectivity index (χ1n) is 8.75. The van der Waals surface area contributed by atoms with Crippen LogP contribution in [0.2, 0.25) is 0 Å². The molecule has 136 valence electrons. The first-order valence-corrected chi connectivity index (χ1v) is 10.3. The quantitative estimate of drug-likeness (QED) is 0.397. The molecule has 0 saturated carbocycles. The van der Waals surface area contributed by atoms with E-state index in [0.29, 0.717) is 6.04 Å². The van der Waals surface area contributed by atoms with Crippen molar-refractivity contribution < 1.29 is 4.52 Å². The average Bonchev–Trinajstić information content (AvgIpc) is 3.02. The molecule has 0 spiro atoms. The van der Waals surface area contributed by atoms with Crippen molar-refractivity contribution in [1.82, 2.24) is 10.5 Å². The maximum atomic E-state index is 5.59. The molecular formula is C21H22Br2N2O. The zero-order valence-electron chi connectivity index (χ0n) is 14.9. The van der Waals surface area contributed by atoms with Gasteiger partial charge in [-0.1, -0.05) is 51.4 Å². The SMILES string of the molecule is Cc1cc(-c2onc(Br)c2CCCN[C@@H](C)c2ccccc2)ccc1Br. The van der Waals surface area contributed by atoms with Crippen LogP contribution in [0, 0.1) is 6.92 Å². The van der Waals surface area contributed by atoms with Gasteiger partial charge in [0.25, 0.3) is 0 Å². The smallest absolute Gasteiger partial charge is 0.171 e. The summed E-state index contributed by atoms with van der Waals surface area (Å²) in [6.07, 6.45) is 1.92. The third-order valence-electron chi connectivity index (χ3n) is 4.51. The molecule has 0 bridgehead atoms. The van der Waals surface area contributed by atoms with Crippen molar-refractivity contribution in [3.8, 4) is 11.3 Å². The molecule has 0 amide bonds. The van der Waals surface area contributed by atoms with Crippen molar-refractivity contribution in [3.05, 3.63) is 74.3 Å². The van der Waals surface area contributed by atoms with E-state index in [1.165, 1.54) is 11.1 Å². The van der Waals surface area contributed by atoms with E-state index in [4.69, 9.17) is 4.52 Å². The van der Waals surface area contributed by atoms with Gasteiger partial charge in [-0.25, -0.2) is 0 Å². The second-order valence-electron chi connectivity index (χ2n) is 6.44. The van der Waals surface area contributed by atoms with E-state index in [-0.39, 0.29) is 0 Å². The predicted molar refractivity (Wildman–Crippen MR) is 113 cm³/mol. The summed E-state index contributed by atoms with van der Waals surface area (Å²) in [6, 6.07) is 17.1. The Labute approximate surface area is 171 Å². The molecule has 0 radical (unpaired) electrons. The molecule has 0 unspecified atom stereocenters. The van der Waals surface area contributed by atoms with Crippen LogP contribution >= 0.6 is 31.9 Å². The van der Waals surface area contributed by atoms with Crippen LogP contribution in [0.3, 0.4) is 0 Å². The van der Waals surface area contributed by atoms with Crippen LogP contribution in [-0.4, -0.2) is 11.7 Å². The van der Waals surface area contributed by atoms with Crippen LogP contribution in [0.25, 0.3) is 11.3 Å². The summed E-state index contributed by atoms with van der Waals surface area (Å²) in [6.45, 7) is 5.21. The summed E-state index contributed by atoms with van der Waals surface area (Å²) in [5.74, 6) is 0.851. The summed E-state index contributed by atoms with van der Waals surface area (Å²) in [5, 5.41) is 7.70. The van der Waals surface area contributed by atoms with Crippen LogP contribution in [-0.2, 0) is 6.42 Å². The second kappa shape index (κ2) is 8.98. The van der Waals surface area contributed by atoms with Crippen LogP contribution in [0.4, 0.5) is 0 Å². The minimum atomic E-state index is 0.343. The molecule has 0 aliphatic rings. The van der Waals surface area contributed by atoms with Gasteiger partial charge < -0.3 is 9.84 Å². The number of aromatic nitrogens is 1. The van der Waals surface area contributed by atoms with Gasteiger partial charge in [-0.3, -0.25) is 0 Å². The highest BCUT2D eigenvalue weighted by atomic mass is 79.9. The standard InChI is InChI=1S/C21H22Br2N2O/c1-14-13-17(10-11-19(14)22)20-18(21(23)25-26-20)9-6-12-24-15(2)16-7-4-3-5-8-16/h3-5,7-8,10-11,13,15,24H,6,9,12H2,1-2H3/t15-/m0/s1. The van der Waals surface area contributed by atoms with Crippen molar-refractivity contribution in [1.29, 1.82) is 0 Å². The summed E-state index contributed by atoms with van der Waals surface area (Å²) < 4.78 is 7.48. The Balaban J connectivity index is 1.62. The zero-order valence-corrected chi connectivity index (χ0v) is 18.1. The van der Waals surface area contributed by atoms with Crippen molar-refractivity contribution in [2.75, 3.05) is 6.54 Å². The van der Waals surface area contributed by atoms with Crippen LogP contribution in [0.15, 0.2) is 62.1 Å². The molecule has 5 heteroatoms. The monoisotopic (exact) mass is 476 g/mol. The van der Waals surface area contributed by atoms with Gasteiger partial charge in [-0.05, 0) is 78.5 Å². The topological polar surface area (TPSA) is 38.1 Å². The van der Waals surface area contributed by atoms with E-state index < -0.39 is 0 Å². The maximum Gasteiger partial charge on any atom is 0.171 e. The van der Waals surface area contributed by atoms with Gasteiger partial charge in [-0.15, -0.1) is 0 Å². The molecule has 1 N–H and O–H groups in total. The highest BCUT2D eigenvalue weighted by Gasteiger charge is 2.16. The van der Waals surface area contributed by atoms with Gasteiger partial charge in [0.2, 0.25) is 0 Å². The minimum Gasteiger partial charge on any atom is -0.355 e. The van der Waals surface area contributed by atoms with Crippen molar-refractivity contribution in [3.63, 3.8) is 0 Å². The van der Waals surface area contributed by atoms with Crippen molar-refractivity contribution >= 4 is 31.9 Å². The third kappa shape index (κ3) is 4.64. The summed E-state index contributed by atoms with van der Waals surface area (Å²) in [4.78, 5) is 0.